The Hall–Kier alpha value is -2.63. The van der Waals surface area contributed by atoms with Crippen LogP contribution in [-0.4, -0.2) is 21.2 Å². The molecule has 1 aliphatic rings. The number of thioether (sulfide) groups is 1. The lowest BCUT2D eigenvalue weighted by Gasteiger charge is -2.10. The second kappa shape index (κ2) is 7.55. The van der Waals surface area contributed by atoms with Crippen molar-refractivity contribution in [3.05, 3.63) is 51.4 Å². The van der Waals surface area contributed by atoms with Crippen molar-refractivity contribution in [3.8, 4) is 6.07 Å². The van der Waals surface area contributed by atoms with E-state index in [1.54, 1.807) is 17.4 Å². The molecule has 0 bridgehead atoms. The van der Waals surface area contributed by atoms with Gasteiger partial charge in [-0.15, -0.1) is 23.1 Å². The highest BCUT2D eigenvalue weighted by atomic mass is 32.2. The molecule has 0 unspecified atom stereocenters. The Kier molecular flexibility index (Phi) is 4.97. The van der Waals surface area contributed by atoms with Crippen molar-refractivity contribution >= 4 is 44.9 Å². The first-order chi connectivity index (χ1) is 13.2. The zero-order chi connectivity index (χ0) is 18.8. The third kappa shape index (κ3) is 3.48. The molecule has 2 aromatic heterocycles. The van der Waals surface area contributed by atoms with Crippen molar-refractivity contribution in [2.45, 2.75) is 30.7 Å². The SMILES string of the molecule is N#CCSc1ccccc1NC(=O)Cn1cnc2sc3c(c2c1=O)CCC3. The van der Waals surface area contributed by atoms with Crippen LogP contribution in [0.5, 0.6) is 0 Å². The Morgan fingerprint density at radius 2 is 2.22 bits per heavy atom. The predicted octanol–water partition coefficient (Wildman–Crippen LogP) is 3.20. The molecule has 0 fully saturated rings. The molecule has 0 atom stereocenters. The van der Waals surface area contributed by atoms with Crippen molar-refractivity contribution in [1.29, 1.82) is 5.26 Å². The van der Waals surface area contributed by atoms with Crippen LogP contribution in [0.4, 0.5) is 5.69 Å². The van der Waals surface area contributed by atoms with E-state index in [-0.39, 0.29) is 18.0 Å². The molecule has 0 radical (unpaired) electrons. The number of carbonyl (C=O) groups excluding carboxylic acids is 1. The highest BCUT2D eigenvalue weighted by molar-refractivity contribution is 7.99. The normalized spacial score (nSPS) is 12.7. The average molecular weight is 396 g/mol. The van der Waals surface area contributed by atoms with Crippen LogP contribution in [0, 0.1) is 11.3 Å². The van der Waals surface area contributed by atoms with Gasteiger partial charge in [-0.1, -0.05) is 12.1 Å². The van der Waals surface area contributed by atoms with Gasteiger partial charge in [-0.2, -0.15) is 5.26 Å². The van der Waals surface area contributed by atoms with E-state index >= 15 is 0 Å². The van der Waals surface area contributed by atoms with Crippen LogP contribution >= 0.6 is 23.1 Å². The maximum Gasteiger partial charge on any atom is 0.262 e. The van der Waals surface area contributed by atoms with Crippen LogP contribution in [-0.2, 0) is 24.2 Å². The maximum absolute atomic E-state index is 12.9. The number of hydrogen-bond donors (Lipinski definition) is 1. The lowest BCUT2D eigenvalue weighted by atomic mass is 10.2. The number of nitrogens with zero attached hydrogens (tertiary/aromatic N) is 3. The zero-order valence-corrected chi connectivity index (χ0v) is 16.0. The molecule has 1 aromatic carbocycles. The molecule has 0 spiro atoms. The molecule has 8 heteroatoms. The van der Waals surface area contributed by atoms with E-state index in [4.69, 9.17) is 5.26 Å². The van der Waals surface area contributed by atoms with Crippen molar-refractivity contribution in [2.24, 2.45) is 0 Å². The number of aryl methyl sites for hydroxylation is 2. The van der Waals surface area contributed by atoms with Crippen molar-refractivity contribution in [2.75, 3.05) is 11.1 Å². The quantitative estimate of drug-likeness (QED) is 0.669. The summed E-state index contributed by atoms with van der Waals surface area (Å²) in [5.74, 6) is 0.00561. The molecule has 1 aliphatic carbocycles. The Morgan fingerprint density at radius 3 is 3.07 bits per heavy atom. The second-order valence-corrected chi connectivity index (χ2v) is 8.31. The third-order valence-corrected chi connectivity index (χ3v) is 6.60. The number of thiophene rings is 1. The maximum atomic E-state index is 12.9. The van der Waals surface area contributed by atoms with E-state index in [1.165, 1.54) is 27.5 Å². The van der Waals surface area contributed by atoms with E-state index in [0.717, 1.165) is 34.6 Å². The van der Waals surface area contributed by atoms with Gasteiger partial charge >= 0.3 is 0 Å². The van der Waals surface area contributed by atoms with Gasteiger partial charge in [0.05, 0.1) is 29.2 Å². The van der Waals surface area contributed by atoms with Gasteiger partial charge in [0.2, 0.25) is 5.91 Å². The number of anilines is 1. The molecule has 3 aromatic rings. The number of carbonyl (C=O) groups is 1. The fraction of sp³-hybridized carbons (Fsp3) is 0.263. The molecule has 0 aliphatic heterocycles. The summed E-state index contributed by atoms with van der Waals surface area (Å²) in [6.07, 6.45) is 4.44. The number of fused-ring (bicyclic) bond motifs is 3. The second-order valence-electron chi connectivity index (χ2n) is 6.21. The summed E-state index contributed by atoms with van der Waals surface area (Å²) in [6.45, 7) is -0.0936. The molecule has 136 valence electrons. The lowest BCUT2D eigenvalue weighted by molar-refractivity contribution is -0.116. The molecular weight excluding hydrogens is 380 g/mol. The Balaban J connectivity index is 1.57. The standard InChI is InChI=1S/C19H16N4O2S2/c20-8-9-26-15-6-2-1-5-13(15)22-16(24)10-23-11-21-18-17(19(23)25)12-4-3-7-14(12)27-18/h1-2,5-6,11H,3-4,7,9-10H2,(H,22,24). The van der Waals surface area contributed by atoms with Crippen molar-refractivity contribution in [1.82, 2.24) is 9.55 Å². The molecular formula is C19H16N4O2S2. The summed E-state index contributed by atoms with van der Waals surface area (Å²) in [4.78, 5) is 32.6. The summed E-state index contributed by atoms with van der Waals surface area (Å²) in [7, 11) is 0. The smallest absolute Gasteiger partial charge is 0.262 e. The molecule has 2 heterocycles. The average Bonchev–Trinajstić information content (AvgIpc) is 3.24. The van der Waals surface area contributed by atoms with Gasteiger partial charge in [-0.25, -0.2) is 4.98 Å². The van der Waals surface area contributed by atoms with Crippen LogP contribution < -0.4 is 10.9 Å². The number of benzene rings is 1. The highest BCUT2D eigenvalue weighted by Gasteiger charge is 2.21. The summed E-state index contributed by atoms with van der Waals surface area (Å²) >= 11 is 2.95. The van der Waals surface area contributed by atoms with Gasteiger partial charge in [0.25, 0.3) is 5.56 Å². The number of nitrogens with one attached hydrogen (secondary N) is 1. The van der Waals surface area contributed by atoms with Gasteiger partial charge in [-0.3, -0.25) is 14.2 Å². The Labute approximate surface area is 163 Å². The third-order valence-electron chi connectivity index (χ3n) is 4.46. The van der Waals surface area contributed by atoms with Crippen LogP contribution in [0.2, 0.25) is 0 Å². The van der Waals surface area contributed by atoms with E-state index in [9.17, 15) is 9.59 Å². The number of hydrogen-bond acceptors (Lipinski definition) is 6. The molecule has 6 nitrogen and oxygen atoms in total. The summed E-state index contributed by atoms with van der Waals surface area (Å²) in [6, 6.07) is 9.39. The summed E-state index contributed by atoms with van der Waals surface area (Å²) < 4.78 is 1.37. The lowest BCUT2D eigenvalue weighted by Crippen LogP contribution is -2.28. The summed E-state index contributed by atoms with van der Waals surface area (Å²) in [5.41, 5.74) is 1.60. The van der Waals surface area contributed by atoms with Gasteiger partial charge in [0, 0.05) is 9.77 Å². The highest BCUT2D eigenvalue weighted by Crippen LogP contribution is 2.34. The number of para-hydroxylation sites is 1. The van der Waals surface area contributed by atoms with E-state index in [0.29, 0.717) is 16.8 Å². The van der Waals surface area contributed by atoms with Crippen molar-refractivity contribution in [3.63, 3.8) is 0 Å². The van der Waals surface area contributed by atoms with Crippen LogP contribution in [0.15, 0.2) is 40.3 Å². The number of rotatable bonds is 5. The first-order valence-corrected chi connectivity index (χ1v) is 10.4. The predicted molar refractivity (Wildman–Crippen MR) is 107 cm³/mol. The minimum absolute atomic E-state index is 0.0936. The minimum Gasteiger partial charge on any atom is -0.324 e. The fourth-order valence-corrected chi connectivity index (χ4v) is 5.17. The van der Waals surface area contributed by atoms with Gasteiger partial charge in [0.15, 0.2) is 0 Å². The van der Waals surface area contributed by atoms with Crippen LogP contribution in [0.3, 0.4) is 0 Å². The first kappa shape index (κ1) is 17.8. The van der Waals surface area contributed by atoms with Crippen molar-refractivity contribution < 1.29 is 4.79 Å². The Morgan fingerprint density at radius 1 is 1.37 bits per heavy atom. The van der Waals surface area contributed by atoms with Gasteiger partial charge in [0.1, 0.15) is 11.4 Å². The zero-order valence-electron chi connectivity index (χ0n) is 14.4. The molecule has 1 amide bonds. The molecule has 0 saturated heterocycles. The molecule has 1 N–H and O–H groups in total. The van der Waals surface area contributed by atoms with E-state index < -0.39 is 0 Å². The van der Waals surface area contributed by atoms with Gasteiger partial charge < -0.3 is 5.32 Å². The molecule has 4 rings (SSSR count). The number of amides is 1. The van der Waals surface area contributed by atoms with Gasteiger partial charge in [-0.05, 0) is 37.0 Å². The summed E-state index contributed by atoms with van der Waals surface area (Å²) in [5, 5.41) is 12.3. The van der Waals surface area contributed by atoms with E-state index in [1.807, 2.05) is 18.2 Å². The minimum atomic E-state index is -0.296. The molecule has 27 heavy (non-hydrogen) atoms. The van der Waals surface area contributed by atoms with E-state index in [2.05, 4.69) is 16.4 Å². The molecule has 0 saturated carbocycles. The van der Waals surface area contributed by atoms with Crippen LogP contribution in [0.25, 0.3) is 10.2 Å². The van der Waals surface area contributed by atoms with Crippen LogP contribution in [0.1, 0.15) is 16.9 Å². The largest absolute Gasteiger partial charge is 0.324 e. The Bertz CT molecular complexity index is 1130. The first-order valence-electron chi connectivity index (χ1n) is 8.55. The number of aromatic nitrogens is 2. The topological polar surface area (TPSA) is 87.8 Å². The number of nitriles is 1. The monoisotopic (exact) mass is 396 g/mol. The fourth-order valence-electron chi connectivity index (χ4n) is 3.28.